The van der Waals surface area contributed by atoms with Crippen LogP contribution in [0.1, 0.15) is 31.1 Å². The van der Waals surface area contributed by atoms with Crippen LogP contribution in [0.4, 0.5) is 4.39 Å². The quantitative estimate of drug-likeness (QED) is 0.723. The van der Waals surface area contributed by atoms with Crippen molar-refractivity contribution < 1.29 is 4.39 Å². The van der Waals surface area contributed by atoms with E-state index in [9.17, 15) is 4.39 Å². The first-order valence-corrected chi connectivity index (χ1v) is 7.44. The molecule has 0 aliphatic rings. The molecule has 0 fully saturated rings. The maximum Gasteiger partial charge on any atom is 0.155 e. The number of aromatic nitrogens is 3. The molecule has 0 unspecified atom stereocenters. The Bertz CT molecular complexity index is 751. The van der Waals surface area contributed by atoms with Crippen molar-refractivity contribution in [1.82, 2.24) is 19.3 Å². The second kappa shape index (κ2) is 6.23. The zero-order valence-corrected chi connectivity index (χ0v) is 12.8. The van der Waals surface area contributed by atoms with Gasteiger partial charge in [0.2, 0.25) is 0 Å². The van der Waals surface area contributed by atoms with Gasteiger partial charge in [0.25, 0.3) is 0 Å². The molecule has 0 radical (unpaired) electrons. The predicted octanol–water partition coefficient (Wildman–Crippen LogP) is 3.45. The molecule has 0 aliphatic carbocycles. The number of nitrogens with zero attached hydrogens (tertiary/aromatic N) is 4. The van der Waals surface area contributed by atoms with Crippen LogP contribution < -0.4 is 0 Å². The van der Waals surface area contributed by atoms with E-state index in [1.165, 1.54) is 12.1 Å². The minimum absolute atomic E-state index is 0.201. The average molecular weight is 298 g/mol. The normalized spacial score (nSPS) is 12.9. The van der Waals surface area contributed by atoms with Gasteiger partial charge in [-0.15, -0.1) is 0 Å². The minimum Gasteiger partial charge on any atom is -0.300 e. The van der Waals surface area contributed by atoms with Crippen molar-refractivity contribution in [3.8, 4) is 0 Å². The Hall–Kier alpha value is -2.27. The van der Waals surface area contributed by atoms with E-state index in [4.69, 9.17) is 0 Å². The molecule has 1 aromatic carbocycles. The zero-order valence-electron chi connectivity index (χ0n) is 12.8. The number of benzene rings is 1. The molecular formula is C17H19FN4. The Labute approximate surface area is 129 Å². The van der Waals surface area contributed by atoms with E-state index in [0.29, 0.717) is 0 Å². The molecule has 3 rings (SSSR count). The van der Waals surface area contributed by atoms with Gasteiger partial charge in [0.1, 0.15) is 5.82 Å². The Balaban J connectivity index is 1.83. The van der Waals surface area contributed by atoms with Gasteiger partial charge in [0, 0.05) is 25.0 Å². The lowest BCUT2D eigenvalue weighted by Gasteiger charge is -2.28. The van der Waals surface area contributed by atoms with E-state index in [1.807, 2.05) is 28.9 Å². The molecule has 3 aromatic rings. The van der Waals surface area contributed by atoms with E-state index in [1.54, 1.807) is 12.4 Å². The van der Waals surface area contributed by atoms with E-state index < -0.39 is 0 Å². The van der Waals surface area contributed by atoms with Crippen LogP contribution in [0.15, 0.2) is 49.1 Å². The summed E-state index contributed by atoms with van der Waals surface area (Å²) in [6.07, 6.45) is 7.33. The number of fused-ring (bicyclic) bond motifs is 1. The number of imidazole rings is 1. The highest BCUT2D eigenvalue weighted by Gasteiger charge is 2.16. The second-order valence-corrected chi connectivity index (χ2v) is 5.34. The summed E-state index contributed by atoms with van der Waals surface area (Å²) < 4.78 is 15.1. The van der Waals surface area contributed by atoms with Gasteiger partial charge in [0.15, 0.2) is 5.65 Å². The van der Waals surface area contributed by atoms with Crippen LogP contribution in [-0.2, 0) is 6.54 Å². The standard InChI is InChI=1S/C17H19FN4/c1-3-21(13(2)14-4-6-15(18)7-5-14)12-16-10-20-17-11-19-8-9-22(16)17/h4-11,13H,3,12H2,1-2H3/t13-/m0/s1. The first-order valence-electron chi connectivity index (χ1n) is 7.44. The Morgan fingerprint density at radius 2 is 2.00 bits per heavy atom. The molecule has 0 saturated carbocycles. The number of rotatable bonds is 5. The molecule has 22 heavy (non-hydrogen) atoms. The first-order chi connectivity index (χ1) is 10.7. The second-order valence-electron chi connectivity index (χ2n) is 5.34. The van der Waals surface area contributed by atoms with Gasteiger partial charge >= 0.3 is 0 Å². The zero-order chi connectivity index (χ0) is 15.5. The van der Waals surface area contributed by atoms with Crippen LogP contribution in [0.3, 0.4) is 0 Å². The maximum atomic E-state index is 13.1. The summed E-state index contributed by atoms with van der Waals surface area (Å²) in [7, 11) is 0. The van der Waals surface area contributed by atoms with Gasteiger partial charge in [-0.25, -0.2) is 9.37 Å². The van der Waals surface area contributed by atoms with Gasteiger partial charge in [-0.2, -0.15) is 0 Å². The van der Waals surface area contributed by atoms with Crippen molar-refractivity contribution in [2.24, 2.45) is 0 Å². The fraction of sp³-hybridized carbons (Fsp3) is 0.294. The summed E-state index contributed by atoms with van der Waals surface area (Å²) >= 11 is 0. The lowest BCUT2D eigenvalue weighted by atomic mass is 10.1. The highest BCUT2D eigenvalue weighted by Crippen LogP contribution is 2.22. The van der Waals surface area contributed by atoms with Gasteiger partial charge in [-0.05, 0) is 31.2 Å². The van der Waals surface area contributed by atoms with E-state index in [0.717, 1.165) is 30.0 Å². The molecule has 0 bridgehead atoms. The maximum absolute atomic E-state index is 13.1. The van der Waals surface area contributed by atoms with Crippen molar-refractivity contribution in [3.05, 3.63) is 66.1 Å². The third kappa shape index (κ3) is 2.85. The molecule has 114 valence electrons. The fourth-order valence-corrected chi connectivity index (χ4v) is 2.69. The Kier molecular flexibility index (Phi) is 4.15. The molecule has 2 heterocycles. The number of hydrogen-bond donors (Lipinski definition) is 0. The van der Waals surface area contributed by atoms with Gasteiger partial charge in [-0.1, -0.05) is 19.1 Å². The summed E-state index contributed by atoms with van der Waals surface area (Å²) in [4.78, 5) is 10.8. The summed E-state index contributed by atoms with van der Waals surface area (Å²) in [6, 6.07) is 6.93. The van der Waals surface area contributed by atoms with Crippen LogP contribution in [0, 0.1) is 5.82 Å². The monoisotopic (exact) mass is 298 g/mol. The van der Waals surface area contributed by atoms with Crippen LogP contribution in [0.2, 0.25) is 0 Å². The SMILES string of the molecule is CCN(Cc1cnc2cnccn12)[C@@H](C)c1ccc(F)cc1. The average Bonchev–Trinajstić information content (AvgIpc) is 2.96. The van der Waals surface area contributed by atoms with E-state index >= 15 is 0 Å². The summed E-state index contributed by atoms with van der Waals surface area (Å²) in [5.74, 6) is -0.201. The molecule has 5 heteroatoms. The van der Waals surface area contributed by atoms with Crippen molar-refractivity contribution in [1.29, 1.82) is 0 Å². The molecule has 0 aliphatic heterocycles. The van der Waals surface area contributed by atoms with Crippen molar-refractivity contribution >= 4 is 5.65 Å². The predicted molar refractivity (Wildman–Crippen MR) is 83.9 cm³/mol. The number of halogens is 1. The van der Waals surface area contributed by atoms with Crippen LogP contribution in [-0.4, -0.2) is 25.8 Å². The topological polar surface area (TPSA) is 33.4 Å². The fourth-order valence-electron chi connectivity index (χ4n) is 2.69. The molecule has 0 amide bonds. The molecule has 2 aromatic heterocycles. The van der Waals surface area contributed by atoms with Gasteiger partial charge < -0.3 is 0 Å². The summed E-state index contributed by atoms with van der Waals surface area (Å²) in [5.41, 5.74) is 3.08. The summed E-state index contributed by atoms with van der Waals surface area (Å²) in [6.45, 7) is 5.95. The van der Waals surface area contributed by atoms with E-state index in [2.05, 4.69) is 28.7 Å². The lowest BCUT2D eigenvalue weighted by molar-refractivity contribution is 0.210. The minimum atomic E-state index is -0.201. The van der Waals surface area contributed by atoms with Gasteiger partial charge in [-0.3, -0.25) is 14.3 Å². The molecular weight excluding hydrogens is 279 g/mol. The molecule has 1 atom stereocenters. The van der Waals surface area contributed by atoms with Crippen LogP contribution >= 0.6 is 0 Å². The van der Waals surface area contributed by atoms with Crippen molar-refractivity contribution in [2.75, 3.05) is 6.54 Å². The largest absolute Gasteiger partial charge is 0.300 e. The molecule has 0 saturated heterocycles. The molecule has 0 N–H and O–H groups in total. The third-order valence-electron chi connectivity index (χ3n) is 4.07. The molecule has 4 nitrogen and oxygen atoms in total. The Morgan fingerprint density at radius 1 is 1.23 bits per heavy atom. The summed E-state index contributed by atoms with van der Waals surface area (Å²) in [5, 5.41) is 0. The van der Waals surface area contributed by atoms with Crippen molar-refractivity contribution in [2.45, 2.75) is 26.4 Å². The highest BCUT2D eigenvalue weighted by molar-refractivity contribution is 5.36. The smallest absolute Gasteiger partial charge is 0.155 e. The number of hydrogen-bond acceptors (Lipinski definition) is 3. The first kappa shape index (κ1) is 14.7. The van der Waals surface area contributed by atoms with E-state index in [-0.39, 0.29) is 11.9 Å². The molecule has 0 spiro atoms. The van der Waals surface area contributed by atoms with Crippen molar-refractivity contribution in [3.63, 3.8) is 0 Å². The lowest BCUT2D eigenvalue weighted by Crippen LogP contribution is -2.27. The van der Waals surface area contributed by atoms with Crippen LogP contribution in [0.5, 0.6) is 0 Å². The Morgan fingerprint density at radius 3 is 2.73 bits per heavy atom. The van der Waals surface area contributed by atoms with Crippen LogP contribution in [0.25, 0.3) is 5.65 Å². The van der Waals surface area contributed by atoms with Gasteiger partial charge in [0.05, 0.1) is 18.1 Å². The third-order valence-corrected chi connectivity index (χ3v) is 4.07. The highest BCUT2D eigenvalue weighted by atomic mass is 19.1.